The SMILES string of the molecule is CONS(=O)(=O)c1ccc(C(=O)Nc2ccc(C)c3ncccc23)cc1. The van der Waals surface area contributed by atoms with Crippen LogP contribution in [0.3, 0.4) is 0 Å². The van der Waals surface area contributed by atoms with Crippen molar-refractivity contribution in [3.63, 3.8) is 0 Å². The third-order valence-corrected chi connectivity index (χ3v) is 5.12. The first-order valence-electron chi connectivity index (χ1n) is 7.73. The lowest BCUT2D eigenvalue weighted by Gasteiger charge is -2.10. The van der Waals surface area contributed by atoms with E-state index in [1.807, 2.05) is 30.0 Å². The number of sulfonamides is 1. The maximum absolute atomic E-state index is 12.5. The van der Waals surface area contributed by atoms with E-state index in [2.05, 4.69) is 15.1 Å². The quantitative estimate of drug-likeness (QED) is 0.672. The third kappa shape index (κ3) is 3.57. The monoisotopic (exact) mass is 371 g/mol. The van der Waals surface area contributed by atoms with Gasteiger partial charge in [-0.05, 0) is 55.0 Å². The van der Waals surface area contributed by atoms with Crippen molar-refractivity contribution in [3.05, 3.63) is 65.9 Å². The number of pyridine rings is 1. The van der Waals surface area contributed by atoms with Crippen molar-refractivity contribution in [3.8, 4) is 0 Å². The summed E-state index contributed by atoms with van der Waals surface area (Å²) in [7, 11) is -2.55. The number of rotatable bonds is 5. The predicted octanol–water partition coefficient (Wildman–Crippen LogP) is 2.64. The number of hydrogen-bond donors (Lipinski definition) is 2. The van der Waals surface area contributed by atoms with Crippen LogP contribution in [0, 0.1) is 6.92 Å². The highest BCUT2D eigenvalue weighted by Gasteiger charge is 2.15. The molecule has 134 valence electrons. The molecule has 7 nitrogen and oxygen atoms in total. The molecule has 0 aliphatic carbocycles. The van der Waals surface area contributed by atoms with Crippen molar-refractivity contribution in [1.82, 2.24) is 9.87 Å². The van der Waals surface area contributed by atoms with E-state index < -0.39 is 10.0 Å². The highest BCUT2D eigenvalue weighted by Crippen LogP contribution is 2.25. The maximum Gasteiger partial charge on any atom is 0.262 e. The normalized spacial score (nSPS) is 11.5. The maximum atomic E-state index is 12.5. The number of aromatic nitrogens is 1. The standard InChI is InChI=1S/C18H17N3O4S/c1-12-5-10-16(15-4-3-11-19-17(12)15)20-18(22)13-6-8-14(9-7-13)26(23,24)21-25-2/h3-11,21H,1-2H3,(H,20,22). The Morgan fingerprint density at radius 1 is 1.08 bits per heavy atom. The molecule has 1 aromatic heterocycles. The minimum Gasteiger partial charge on any atom is -0.321 e. The summed E-state index contributed by atoms with van der Waals surface area (Å²) in [5, 5.41) is 3.68. The zero-order chi connectivity index (χ0) is 18.7. The highest BCUT2D eigenvalue weighted by atomic mass is 32.2. The van der Waals surface area contributed by atoms with Gasteiger partial charge in [0.2, 0.25) is 0 Å². The zero-order valence-electron chi connectivity index (χ0n) is 14.2. The van der Waals surface area contributed by atoms with Gasteiger partial charge in [-0.2, -0.15) is 0 Å². The number of hydrogen-bond acceptors (Lipinski definition) is 5. The van der Waals surface area contributed by atoms with E-state index in [0.717, 1.165) is 16.5 Å². The van der Waals surface area contributed by atoms with Gasteiger partial charge in [0.1, 0.15) is 0 Å². The lowest BCUT2D eigenvalue weighted by atomic mass is 10.1. The van der Waals surface area contributed by atoms with Crippen LogP contribution in [0.2, 0.25) is 0 Å². The summed E-state index contributed by atoms with van der Waals surface area (Å²) in [6.45, 7) is 1.95. The minimum atomic E-state index is -3.76. The Hall–Kier alpha value is -2.81. The Kier molecular flexibility index (Phi) is 4.99. The first-order chi connectivity index (χ1) is 12.4. The molecular formula is C18H17N3O4S. The number of aryl methyl sites for hydroxylation is 1. The fraction of sp³-hybridized carbons (Fsp3) is 0.111. The topological polar surface area (TPSA) is 97.4 Å². The molecule has 0 spiro atoms. The zero-order valence-corrected chi connectivity index (χ0v) is 15.0. The molecule has 2 N–H and O–H groups in total. The molecule has 8 heteroatoms. The van der Waals surface area contributed by atoms with E-state index in [9.17, 15) is 13.2 Å². The smallest absolute Gasteiger partial charge is 0.262 e. The second-order valence-corrected chi connectivity index (χ2v) is 7.24. The lowest BCUT2D eigenvalue weighted by molar-refractivity contribution is 0.102. The predicted molar refractivity (Wildman–Crippen MR) is 98.2 cm³/mol. The van der Waals surface area contributed by atoms with Crippen molar-refractivity contribution in [2.75, 3.05) is 12.4 Å². The van der Waals surface area contributed by atoms with E-state index in [4.69, 9.17) is 0 Å². The molecule has 3 rings (SSSR count). The van der Waals surface area contributed by atoms with Gasteiger partial charge in [0.15, 0.2) is 0 Å². The van der Waals surface area contributed by atoms with Crippen LogP contribution in [-0.4, -0.2) is 26.4 Å². The third-order valence-electron chi connectivity index (χ3n) is 3.84. The number of benzene rings is 2. The molecule has 3 aromatic rings. The van der Waals surface area contributed by atoms with Gasteiger partial charge in [0, 0.05) is 17.1 Å². The van der Waals surface area contributed by atoms with E-state index in [1.165, 1.54) is 31.4 Å². The summed E-state index contributed by atoms with van der Waals surface area (Å²) in [5.74, 6) is -0.345. The lowest BCUT2D eigenvalue weighted by Crippen LogP contribution is -2.22. The van der Waals surface area contributed by atoms with Crippen LogP contribution in [0.5, 0.6) is 0 Å². The summed E-state index contributed by atoms with van der Waals surface area (Å²) < 4.78 is 23.7. The van der Waals surface area contributed by atoms with Crippen LogP contribution in [0.4, 0.5) is 5.69 Å². The van der Waals surface area contributed by atoms with Gasteiger partial charge in [0.25, 0.3) is 15.9 Å². The molecule has 0 atom stereocenters. The summed E-state index contributed by atoms with van der Waals surface area (Å²) >= 11 is 0. The van der Waals surface area contributed by atoms with Crippen molar-refractivity contribution in [2.45, 2.75) is 11.8 Å². The van der Waals surface area contributed by atoms with Crippen LogP contribution < -0.4 is 10.2 Å². The van der Waals surface area contributed by atoms with Gasteiger partial charge < -0.3 is 5.32 Å². The molecule has 0 aliphatic rings. The summed E-state index contributed by atoms with van der Waals surface area (Å²) in [6, 6.07) is 12.9. The molecule has 0 unspecified atom stereocenters. The molecule has 0 saturated carbocycles. The van der Waals surface area contributed by atoms with Crippen molar-refractivity contribution >= 4 is 32.5 Å². The number of anilines is 1. The minimum absolute atomic E-state index is 0.000820. The molecule has 0 saturated heterocycles. The number of carbonyl (C=O) groups is 1. The largest absolute Gasteiger partial charge is 0.321 e. The summed E-state index contributed by atoms with van der Waals surface area (Å²) in [6.07, 6.45) is 1.70. The molecule has 0 fully saturated rings. The van der Waals surface area contributed by atoms with Crippen LogP contribution in [0.15, 0.2) is 59.6 Å². The number of nitrogens with zero attached hydrogens (tertiary/aromatic N) is 1. The second-order valence-electron chi connectivity index (χ2n) is 5.60. The molecule has 0 bridgehead atoms. The highest BCUT2D eigenvalue weighted by molar-refractivity contribution is 7.89. The molecule has 1 heterocycles. The number of carbonyl (C=O) groups excluding carboxylic acids is 1. The van der Waals surface area contributed by atoms with Gasteiger partial charge in [-0.25, -0.2) is 8.42 Å². The average molecular weight is 371 g/mol. The average Bonchev–Trinajstić information content (AvgIpc) is 2.64. The van der Waals surface area contributed by atoms with Crippen LogP contribution in [0.25, 0.3) is 10.9 Å². The number of fused-ring (bicyclic) bond motifs is 1. The summed E-state index contributed by atoms with van der Waals surface area (Å²) in [5.41, 5.74) is 2.80. The Labute approximate surface area is 151 Å². The fourth-order valence-electron chi connectivity index (χ4n) is 2.56. The van der Waals surface area contributed by atoms with E-state index >= 15 is 0 Å². The Balaban J connectivity index is 1.86. The van der Waals surface area contributed by atoms with Gasteiger partial charge >= 0.3 is 0 Å². The molecule has 0 radical (unpaired) electrons. The Bertz CT molecular complexity index is 1060. The Morgan fingerprint density at radius 2 is 1.81 bits per heavy atom. The van der Waals surface area contributed by atoms with E-state index in [-0.39, 0.29) is 10.8 Å². The first kappa shape index (κ1) is 18.0. The molecule has 1 amide bonds. The van der Waals surface area contributed by atoms with E-state index in [0.29, 0.717) is 11.3 Å². The van der Waals surface area contributed by atoms with Crippen molar-refractivity contribution in [1.29, 1.82) is 0 Å². The number of amides is 1. The first-order valence-corrected chi connectivity index (χ1v) is 9.21. The molecule has 2 aromatic carbocycles. The van der Waals surface area contributed by atoms with Crippen molar-refractivity contribution < 1.29 is 18.0 Å². The Morgan fingerprint density at radius 3 is 2.50 bits per heavy atom. The van der Waals surface area contributed by atoms with Crippen LogP contribution >= 0.6 is 0 Å². The number of nitrogens with one attached hydrogen (secondary N) is 2. The second kappa shape index (κ2) is 7.20. The van der Waals surface area contributed by atoms with Gasteiger partial charge in [0.05, 0.1) is 23.2 Å². The van der Waals surface area contributed by atoms with Gasteiger partial charge in [-0.3, -0.25) is 14.6 Å². The van der Waals surface area contributed by atoms with Crippen LogP contribution in [-0.2, 0) is 14.9 Å². The van der Waals surface area contributed by atoms with Gasteiger partial charge in [-0.1, -0.05) is 11.0 Å². The summed E-state index contributed by atoms with van der Waals surface area (Å²) in [4.78, 5) is 23.2. The molecule has 0 aliphatic heterocycles. The van der Waals surface area contributed by atoms with E-state index in [1.54, 1.807) is 12.3 Å². The fourth-order valence-corrected chi connectivity index (χ4v) is 3.37. The molecular weight excluding hydrogens is 354 g/mol. The van der Waals surface area contributed by atoms with Gasteiger partial charge in [-0.15, -0.1) is 0 Å². The molecule has 26 heavy (non-hydrogen) atoms. The van der Waals surface area contributed by atoms with Crippen molar-refractivity contribution in [2.24, 2.45) is 0 Å². The van der Waals surface area contributed by atoms with Crippen LogP contribution in [0.1, 0.15) is 15.9 Å².